The van der Waals surface area contributed by atoms with Crippen molar-refractivity contribution in [2.75, 3.05) is 13.2 Å². The minimum Gasteiger partial charge on any atom is -0.380 e. The summed E-state index contributed by atoms with van der Waals surface area (Å²) in [6.07, 6.45) is 0. The number of benzene rings is 1. The van der Waals surface area contributed by atoms with E-state index in [1.165, 1.54) is 18.2 Å². The van der Waals surface area contributed by atoms with Gasteiger partial charge in [-0.1, -0.05) is 25.4 Å². The summed E-state index contributed by atoms with van der Waals surface area (Å²) in [5, 5.41) is 8.81. The van der Waals surface area contributed by atoms with Crippen molar-refractivity contribution >= 4 is 21.6 Å². The van der Waals surface area contributed by atoms with Crippen LogP contribution in [0, 0.1) is 17.2 Å². The van der Waals surface area contributed by atoms with E-state index in [-0.39, 0.29) is 21.9 Å². The molecular formula is C14H19ClN2O3S. The van der Waals surface area contributed by atoms with E-state index in [0.717, 1.165) is 0 Å². The molecule has 1 rings (SSSR count). The van der Waals surface area contributed by atoms with E-state index in [4.69, 9.17) is 21.6 Å². The molecule has 116 valence electrons. The molecule has 0 aromatic heterocycles. The summed E-state index contributed by atoms with van der Waals surface area (Å²) in [4.78, 5) is -0.0367. The van der Waals surface area contributed by atoms with Gasteiger partial charge < -0.3 is 4.74 Å². The van der Waals surface area contributed by atoms with Crippen LogP contribution < -0.4 is 4.72 Å². The van der Waals surface area contributed by atoms with Crippen LogP contribution in [0.15, 0.2) is 23.1 Å². The first kappa shape index (κ1) is 17.9. The maximum absolute atomic E-state index is 12.4. The number of halogens is 1. The molecule has 0 aliphatic carbocycles. The summed E-state index contributed by atoms with van der Waals surface area (Å²) in [6.45, 7) is 6.48. The first-order valence-electron chi connectivity index (χ1n) is 6.61. The third-order valence-electron chi connectivity index (χ3n) is 2.96. The summed E-state index contributed by atoms with van der Waals surface area (Å²) < 4.78 is 32.7. The molecule has 0 aliphatic heterocycles. The lowest BCUT2D eigenvalue weighted by molar-refractivity contribution is 0.116. The largest absolute Gasteiger partial charge is 0.380 e. The third kappa shape index (κ3) is 4.97. The zero-order valence-electron chi connectivity index (χ0n) is 12.3. The van der Waals surface area contributed by atoms with Crippen LogP contribution in [0.1, 0.15) is 26.3 Å². The first-order chi connectivity index (χ1) is 9.81. The second-order valence-corrected chi connectivity index (χ2v) is 6.98. The molecule has 0 spiro atoms. The Morgan fingerprint density at radius 1 is 1.43 bits per heavy atom. The Kier molecular flexibility index (Phi) is 6.62. The number of rotatable bonds is 7. The molecule has 1 aromatic carbocycles. The van der Waals surface area contributed by atoms with Crippen molar-refractivity contribution in [3.63, 3.8) is 0 Å². The highest BCUT2D eigenvalue weighted by atomic mass is 35.5. The van der Waals surface area contributed by atoms with Crippen LogP contribution >= 0.6 is 11.6 Å². The Morgan fingerprint density at radius 3 is 2.57 bits per heavy atom. The standard InChI is InChI=1S/C14H19ClN2O3S/c1-4-20-9-13(10(2)3)17-21(18,19)14-6-5-11(8-16)7-12(14)15/h5-7,10,13,17H,4,9H2,1-3H3. The Morgan fingerprint density at radius 2 is 2.10 bits per heavy atom. The second-order valence-electron chi connectivity index (χ2n) is 4.89. The lowest BCUT2D eigenvalue weighted by Gasteiger charge is -2.22. The molecule has 5 nitrogen and oxygen atoms in total. The van der Waals surface area contributed by atoms with Crippen molar-refractivity contribution in [2.24, 2.45) is 5.92 Å². The van der Waals surface area contributed by atoms with E-state index >= 15 is 0 Å². The van der Waals surface area contributed by atoms with Crippen LogP contribution in [0.5, 0.6) is 0 Å². The Labute approximate surface area is 130 Å². The second kappa shape index (κ2) is 7.76. The smallest absolute Gasteiger partial charge is 0.242 e. The van der Waals surface area contributed by atoms with Crippen molar-refractivity contribution in [1.82, 2.24) is 4.72 Å². The van der Waals surface area contributed by atoms with Crippen molar-refractivity contribution in [2.45, 2.75) is 31.7 Å². The van der Waals surface area contributed by atoms with E-state index in [0.29, 0.717) is 18.8 Å². The summed E-state index contributed by atoms with van der Waals surface area (Å²) in [5.41, 5.74) is 0.314. The normalized spacial score (nSPS) is 13.1. The van der Waals surface area contributed by atoms with E-state index in [2.05, 4.69) is 4.72 Å². The zero-order valence-corrected chi connectivity index (χ0v) is 13.8. The predicted molar refractivity (Wildman–Crippen MR) is 81.6 cm³/mol. The molecule has 21 heavy (non-hydrogen) atoms. The molecule has 0 saturated carbocycles. The molecule has 0 radical (unpaired) electrons. The molecule has 1 aromatic rings. The Hall–Kier alpha value is -1.13. The molecule has 1 unspecified atom stereocenters. The highest BCUT2D eigenvalue weighted by Crippen LogP contribution is 2.23. The van der Waals surface area contributed by atoms with E-state index in [9.17, 15) is 8.42 Å². The highest BCUT2D eigenvalue weighted by molar-refractivity contribution is 7.89. The third-order valence-corrected chi connectivity index (χ3v) is 4.94. The van der Waals surface area contributed by atoms with Gasteiger partial charge in [-0.05, 0) is 31.0 Å². The fourth-order valence-electron chi connectivity index (χ4n) is 1.66. The average Bonchev–Trinajstić information content (AvgIpc) is 2.42. The number of ether oxygens (including phenoxy) is 1. The summed E-state index contributed by atoms with van der Waals surface area (Å²) in [6, 6.07) is 5.66. The predicted octanol–water partition coefficient (Wildman–Crippen LogP) is 2.55. The summed E-state index contributed by atoms with van der Waals surface area (Å²) in [5.74, 6) is 0.0727. The molecule has 1 N–H and O–H groups in total. The minimum atomic E-state index is -3.76. The first-order valence-corrected chi connectivity index (χ1v) is 8.47. The Balaban J connectivity index is 3.02. The van der Waals surface area contributed by atoms with E-state index < -0.39 is 10.0 Å². The van der Waals surface area contributed by atoms with Gasteiger partial charge in [0, 0.05) is 12.6 Å². The SMILES string of the molecule is CCOCC(NS(=O)(=O)c1ccc(C#N)cc1Cl)C(C)C. The van der Waals surface area contributed by atoms with Crippen LogP contribution in [-0.2, 0) is 14.8 Å². The van der Waals surface area contributed by atoms with Gasteiger partial charge in [-0.25, -0.2) is 13.1 Å². The lowest BCUT2D eigenvalue weighted by atomic mass is 10.1. The number of sulfonamides is 1. The van der Waals surface area contributed by atoms with Gasteiger partial charge in [0.05, 0.1) is 23.3 Å². The van der Waals surface area contributed by atoms with E-state index in [1.807, 2.05) is 26.8 Å². The monoisotopic (exact) mass is 330 g/mol. The van der Waals surface area contributed by atoms with Crippen LogP contribution in [0.3, 0.4) is 0 Å². The van der Waals surface area contributed by atoms with Crippen molar-refractivity contribution in [3.05, 3.63) is 28.8 Å². The van der Waals surface area contributed by atoms with Gasteiger partial charge in [0.2, 0.25) is 10.0 Å². The Bertz CT molecular complexity index is 624. The van der Waals surface area contributed by atoms with Crippen LogP contribution in [0.4, 0.5) is 0 Å². The van der Waals surface area contributed by atoms with Gasteiger partial charge in [-0.2, -0.15) is 5.26 Å². The lowest BCUT2D eigenvalue weighted by Crippen LogP contribution is -2.41. The molecule has 1 atom stereocenters. The average molecular weight is 331 g/mol. The molecular weight excluding hydrogens is 312 g/mol. The van der Waals surface area contributed by atoms with Gasteiger partial charge >= 0.3 is 0 Å². The molecule has 0 fully saturated rings. The molecule has 7 heteroatoms. The van der Waals surface area contributed by atoms with Gasteiger partial charge in [0.25, 0.3) is 0 Å². The zero-order chi connectivity index (χ0) is 16.0. The van der Waals surface area contributed by atoms with Gasteiger partial charge in [0.15, 0.2) is 0 Å². The van der Waals surface area contributed by atoms with Crippen LogP contribution in [0.25, 0.3) is 0 Å². The van der Waals surface area contributed by atoms with Gasteiger partial charge in [-0.3, -0.25) is 0 Å². The quantitative estimate of drug-likeness (QED) is 0.833. The summed E-state index contributed by atoms with van der Waals surface area (Å²) in [7, 11) is -3.76. The number of hydrogen-bond donors (Lipinski definition) is 1. The van der Waals surface area contributed by atoms with Gasteiger partial charge in [-0.15, -0.1) is 0 Å². The van der Waals surface area contributed by atoms with Crippen molar-refractivity contribution < 1.29 is 13.2 Å². The van der Waals surface area contributed by atoms with Crippen LogP contribution in [0.2, 0.25) is 5.02 Å². The topological polar surface area (TPSA) is 79.2 Å². The maximum Gasteiger partial charge on any atom is 0.242 e. The van der Waals surface area contributed by atoms with Crippen molar-refractivity contribution in [3.8, 4) is 6.07 Å². The number of nitrogens with zero attached hydrogens (tertiary/aromatic N) is 1. The number of hydrogen-bond acceptors (Lipinski definition) is 4. The fraction of sp³-hybridized carbons (Fsp3) is 0.500. The minimum absolute atomic E-state index is 0.0282. The molecule has 0 aliphatic rings. The van der Waals surface area contributed by atoms with Crippen molar-refractivity contribution in [1.29, 1.82) is 5.26 Å². The fourth-order valence-corrected chi connectivity index (χ4v) is 3.57. The molecule has 0 heterocycles. The van der Waals surface area contributed by atoms with Crippen LogP contribution in [-0.4, -0.2) is 27.7 Å². The number of nitriles is 1. The van der Waals surface area contributed by atoms with Gasteiger partial charge in [0.1, 0.15) is 4.90 Å². The van der Waals surface area contributed by atoms with E-state index in [1.54, 1.807) is 0 Å². The summed E-state index contributed by atoms with van der Waals surface area (Å²) >= 11 is 5.96. The highest BCUT2D eigenvalue weighted by Gasteiger charge is 2.24. The molecule has 0 bridgehead atoms. The number of nitrogens with one attached hydrogen (secondary N) is 1. The molecule has 0 amide bonds. The maximum atomic E-state index is 12.4. The molecule has 0 saturated heterocycles.